The predicted molar refractivity (Wildman–Crippen MR) is 24.1 cm³/mol. The Bertz CT molecular complexity index is 215. The van der Waals surface area contributed by atoms with Crippen LogP contribution in [-0.2, 0) is 14.3 Å². The number of halogens is 1. The lowest BCUT2D eigenvalue weighted by molar-refractivity contribution is 0.317. The van der Waals surface area contributed by atoms with Crippen LogP contribution < -0.4 is 0 Å². The Balaban J connectivity index is 2.85. The molecule has 8 heavy (non-hydrogen) atoms. The Hall–Kier alpha value is -0.580. The van der Waals surface area contributed by atoms with Crippen molar-refractivity contribution in [3.63, 3.8) is 0 Å². The van der Waals surface area contributed by atoms with Crippen molar-refractivity contribution in [3.05, 3.63) is 12.1 Å². The summed E-state index contributed by atoms with van der Waals surface area (Å²) in [7, 11) is -3.56. The number of rotatable bonds is 0. The van der Waals surface area contributed by atoms with Crippen LogP contribution in [0, 0.1) is 0 Å². The summed E-state index contributed by atoms with van der Waals surface area (Å²) in [6.45, 7) is 0. The molecule has 0 aromatic heterocycles. The maximum Gasteiger partial charge on any atom is 0.315 e. The molecule has 0 saturated carbocycles. The lowest BCUT2D eigenvalue weighted by Gasteiger charge is -1.88. The third kappa shape index (κ3) is 0.975. The zero-order chi connectivity index (χ0) is 6.20. The maximum absolute atomic E-state index is 11.7. The van der Waals surface area contributed by atoms with E-state index in [1.807, 2.05) is 0 Å². The van der Waals surface area contributed by atoms with Crippen LogP contribution in [0.25, 0.3) is 0 Å². The topological polar surface area (TPSA) is 43.4 Å². The number of hydrogen-bond acceptors (Lipinski definition) is 3. The fourth-order valence-corrected chi connectivity index (χ4v) is 1.07. The van der Waals surface area contributed by atoms with Gasteiger partial charge in [0, 0.05) is 6.08 Å². The van der Waals surface area contributed by atoms with Crippen LogP contribution >= 0.6 is 0 Å². The molecule has 46 valence electrons. The highest BCUT2D eigenvalue weighted by Crippen LogP contribution is 2.13. The smallest absolute Gasteiger partial charge is 0.315 e. The van der Waals surface area contributed by atoms with E-state index >= 15 is 0 Å². The molecule has 0 unspecified atom stereocenters. The SMILES string of the molecule is O=S1(=O)CC=C(F)O1. The van der Waals surface area contributed by atoms with Crippen molar-refractivity contribution in [1.82, 2.24) is 0 Å². The molecule has 1 aliphatic heterocycles. The zero-order valence-corrected chi connectivity index (χ0v) is 4.61. The molecule has 0 aromatic carbocycles. The van der Waals surface area contributed by atoms with Crippen LogP contribution in [0.1, 0.15) is 0 Å². The highest BCUT2D eigenvalue weighted by molar-refractivity contribution is 7.87. The molecule has 0 spiro atoms. The van der Waals surface area contributed by atoms with Crippen molar-refractivity contribution in [3.8, 4) is 0 Å². The summed E-state index contributed by atoms with van der Waals surface area (Å²) in [5.41, 5.74) is 0. The summed E-state index contributed by atoms with van der Waals surface area (Å²) in [5.74, 6) is -0.348. The van der Waals surface area contributed by atoms with Gasteiger partial charge in [0.2, 0.25) is 0 Å². The van der Waals surface area contributed by atoms with E-state index in [1.54, 1.807) is 0 Å². The summed E-state index contributed by atoms with van der Waals surface area (Å²) >= 11 is 0. The van der Waals surface area contributed by atoms with Gasteiger partial charge >= 0.3 is 10.1 Å². The van der Waals surface area contributed by atoms with Crippen molar-refractivity contribution >= 4 is 10.1 Å². The Morgan fingerprint density at radius 1 is 1.75 bits per heavy atom. The molecule has 0 fully saturated rings. The van der Waals surface area contributed by atoms with Gasteiger partial charge in [-0.1, -0.05) is 0 Å². The fraction of sp³-hybridized carbons (Fsp3) is 0.333. The quantitative estimate of drug-likeness (QED) is 0.448. The van der Waals surface area contributed by atoms with Crippen LogP contribution in [0.3, 0.4) is 0 Å². The zero-order valence-electron chi connectivity index (χ0n) is 3.80. The summed E-state index contributed by atoms with van der Waals surface area (Å²) in [6, 6.07) is -1.02. The first kappa shape index (κ1) is 5.55. The molecule has 1 heterocycles. The first-order chi connectivity index (χ1) is 3.60. The van der Waals surface area contributed by atoms with Gasteiger partial charge in [0.25, 0.3) is 6.01 Å². The van der Waals surface area contributed by atoms with E-state index in [0.29, 0.717) is 0 Å². The highest BCUT2D eigenvalue weighted by Gasteiger charge is 2.19. The molecule has 0 aromatic rings. The largest absolute Gasteiger partial charge is 0.352 e. The fourth-order valence-electron chi connectivity index (χ4n) is 0.357. The average Bonchev–Trinajstić information content (AvgIpc) is 1.82. The summed E-state index contributed by atoms with van der Waals surface area (Å²) in [4.78, 5) is 0. The minimum absolute atomic E-state index is 0.348. The Morgan fingerprint density at radius 2 is 2.38 bits per heavy atom. The predicted octanol–water partition coefficient (Wildman–Crippen LogP) is 0.157. The van der Waals surface area contributed by atoms with Crippen LogP contribution in [-0.4, -0.2) is 14.2 Å². The van der Waals surface area contributed by atoms with Gasteiger partial charge in [0.1, 0.15) is 5.75 Å². The first-order valence-corrected chi connectivity index (χ1v) is 3.46. The van der Waals surface area contributed by atoms with E-state index in [1.165, 1.54) is 0 Å². The minimum Gasteiger partial charge on any atom is -0.352 e. The van der Waals surface area contributed by atoms with Crippen molar-refractivity contribution in [2.45, 2.75) is 0 Å². The van der Waals surface area contributed by atoms with E-state index in [0.717, 1.165) is 6.08 Å². The normalized spacial score (nSPS) is 24.4. The number of hydrogen-bond donors (Lipinski definition) is 0. The molecular weight excluding hydrogens is 135 g/mol. The standard InChI is InChI=1S/C3H3FO3S/c4-3-1-2-8(5,6)7-3/h1H,2H2. The summed E-state index contributed by atoms with van der Waals surface area (Å²) < 4.78 is 35.6. The van der Waals surface area contributed by atoms with E-state index < -0.39 is 16.1 Å². The third-order valence-corrected chi connectivity index (χ3v) is 1.64. The van der Waals surface area contributed by atoms with Crippen molar-refractivity contribution in [2.75, 3.05) is 5.75 Å². The van der Waals surface area contributed by atoms with Gasteiger partial charge in [-0.15, -0.1) is 0 Å². The van der Waals surface area contributed by atoms with Gasteiger partial charge in [0.05, 0.1) is 0 Å². The van der Waals surface area contributed by atoms with Gasteiger partial charge in [-0.2, -0.15) is 12.8 Å². The molecule has 0 N–H and O–H groups in total. The molecule has 5 heteroatoms. The molecule has 0 aliphatic carbocycles. The Kier molecular flexibility index (Phi) is 1.00. The lowest BCUT2D eigenvalue weighted by atomic mass is 10.7. The molecule has 0 atom stereocenters. The second-order valence-corrected chi connectivity index (χ2v) is 2.93. The molecule has 1 aliphatic rings. The van der Waals surface area contributed by atoms with Gasteiger partial charge in [-0.3, -0.25) is 0 Å². The first-order valence-electron chi connectivity index (χ1n) is 1.88. The van der Waals surface area contributed by atoms with Gasteiger partial charge in [-0.25, -0.2) is 0 Å². The van der Waals surface area contributed by atoms with Gasteiger partial charge < -0.3 is 4.18 Å². The van der Waals surface area contributed by atoms with Crippen molar-refractivity contribution < 1.29 is 17.0 Å². The second-order valence-electron chi connectivity index (χ2n) is 1.32. The minimum atomic E-state index is -3.56. The molecular formula is C3H3FO3S. The monoisotopic (exact) mass is 138 g/mol. The van der Waals surface area contributed by atoms with Crippen molar-refractivity contribution in [1.29, 1.82) is 0 Å². The van der Waals surface area contributed by atoms with Gasteiger partial charge in [-0.05, 0) is 0 Å². The average molecular weight is 138 g/mol. The maximum atomic E-state index is 11.7. The third-order valence-electron chi connectivity index (χ3n) is 0.655. The molecule has 0 bridgehead atoms. The molecule has 0 saturated heterocycles. The summed E-state index contributed by atoms with van der Waals surface area (Å²) in [6.07, 6.45) is 0.870. The van der Waals surface area contributed by atoms with E-state index in [2.05, 4.69) is 4.18 Å². The molecule has 0 radical (unpaired) electrons. The van der Waals surface area contributed by atoms with Crippen LogP contribution in [0.4, 0.5) is 4.39 Å². The van der Waals surface area contributed by atoms with Gasteiger partial charge in [0.15, 0.2) is 0 Å². The summed E-state index contributed by atoms with van der Waals surface area (Å²) in [5, 5.41) is 0. The van der Waals surface area contributed by atoms with Crippen molar-refractivity contribution in [2.24, 2.45) is 0 Å². The molecule has 3 nitrogen and oxygen atoms in total. The van der Waals surface area contributed by atoms with Crippen LogP contribution in [0.15, 0.2) is 12.1 Å². The molecule has 1 rings (SSSR count). The Morgan fingerprint density at radius 3 is 2.50 bits per heavy atom. The highest BCUT2D eigenvalue weighted by atomic mass is 32.2. The van der Waals surface area contributed by atoms with E-state index in [-0.39, 0.29) is 5.75 Å². The van der Waals surface area contributed by atoms with E-state index in [4.69, 9.17) is 0 Å². The lowest BCUT2D eigenvalue weighted by Crippen LogP contribution is -1.98. The second kappa shape index (κ2) is 1.45. The van der Waals surface area contributed by atoms with Crippen LogP contribution in [0.5, 0.6) is 0 Å². The molecule has 0 amide bonds. The Labute approximate surface area is 45.9 Å². The van der Waals surface area contributed by atoms with E-state index in [9.17, 15) is 12.8 Å². The van der Waals surface area contributed by atoms with Crippen LogP contribution in [0.2, 0.25) is 0 Å².